The molecule has 1 heterocycles. The number of hydrogen-bond acceptors (Lipinski definition) is 3. The summed E-state index contributed by atoms with van der Waals surface area (Å²) in [5.74, 6) is 0.0908. The fourth-order valence-electron chi connectivity index (χ4n) is 2.11. The van der Waals surface area contributed by atoms with Crippen LogP contribution in [0.25, 0.3) is 10.4 Å². The van der Waals surface area contributed by atoms with Crippen LogP contribution >= 0.6 is 0 Å². The van der Waals surface area contributed by atoms with Gasteiger partial charge in [-0.2, -0.15) is 0 Å². The van der Waals surface area contributed by atoms with Crippen LogP contribution in [0.2, 0.25) is 0 Å². The third-order valence-electron chi connectivity index (χ3n) is 3.12. The van der Waals surface area contributed by atoms with Crippen LogP contribution in [-0.2, 0) is 9.53 Å². The van der Waals surface area contributed by atoms with E-state index in [0.29, 0.717) is 6.54 Å². The topological polar surface area (TPSA) is 87.1 Å². The van der Waals surface area contributed by atoms with Gasteiger partial charge in [0.1, 0.15) is 0 Å². The van der Waals surface area contributed by atoms with E-state index >= 15 is 0 Å². The van der Waals surface area contributed by atoms with Crippen LogP contribution in [-0.4, -0.2) is 31.2 Å². The summed E-state index contributed by atoms with van der Waals surface area (Å²) >= 11 is 0. The van der Waals surface area contributed by atoms with Crippen molar-refractivity contribution in [1.82, 2.24) is 5.32 Å². The van der Waals surface area contributed by atoms with Crippen LogP contribution in [0.4, 0.5) is 0 Å². The first-order valence-electron chi connectivity index (χ1n) is 5.52. The smallest absolute Gasteiger partial charge is 0.226 e. The number of nitrogens with zero attached hydrogens (tertiary/aromatic N) is 3. The molecule has 0 saturated carbocycles. The van der Waals surface area contributed by atoms with Gasteiger partial charge in [-0.15, -0.1) is 0 Å². The number of nitrogens with one attached hydrogen (secondary N) is 1. The minimum Gasteiger partial charge on any atom is -0.374 e. The summed E-state index contributed by atoms with van der Waals surface area (Å²) in [6.07, 6.45) is 0.0624. The summed E-state index contributed by atoms with van der Waals surface area (Å²) < 4.78 is 5.59. The van der Waals surface area contributed by atoms with E-state index in [1.54, 1.807) is 0 Å². The van der Waals surface area contributed by atoms with Crippen LogP contribution in [0.15, 0.2) is 5.11 Å². The fraction of sp³-hybridized carbons (Fsp3) is 0.900. The third-order valence-corrected chi connectivity index (χ3v) is 3.12. The zero-order chi connectivity index (χ0) is 12.1. The Bertz CT molecular complexity index is 301. The molecule has 1 N–H and O–H groups in total. The fourth-order valence-corrected chi connectivity index (χ4v) is 2.11. The van der Waals surface area contributed by atoms with E-state index < -0.39 is 0 Å². The van der Waals surface area contributed by atoms with E-state index in [2.05, 4.69) is 15.3 Å². The van der Waals surface area contributed by atoms with Crippen molar-refractivity contribution < 1.29 is 9.53 Å². The van der Waals surface area contributed by atoms with Crippen LogP contribution in [0, 0.1) is 11.8 Å². The van der Waals surface area contributed by atoms with Gasteiger partial charge in [0.25, 0.3) is 0 Å². The molecule has 0 aromatic heterocycles. The monoisotopic (exact) mass is 226 g/mol. The number of carbonyl (C=O) groups is 1. The zero-order valence-electron chi connectivity index (χ0n) is 9.88. The number of amides is 1. The summed E-state index contributed by atoms with van der Waals surface area (Å²) in [7, 11) is 0. The number of ether oxygens (including phenoxy) is 1. The number of carbonyl (C=O) groups excluding carboxylic acids is 1. The predicted molar refractivity (Wildman–Crippen MR) is 59.7 cm³/mol. The van der Waals surface area contributed by atoms with Crippen LogP contribution in [0.3, 0.4) is 0 Å². The normalized spacial score (nSPS) is 33.2. The second kappa shape index (κ2) is 5.72. The average molecular weight is 226 g/mol. The van der Waals surface area contributed by atoms with E-state index in [1.807, 2.05) is 20.8 Å². The standard InChI is InChI=1S/C10H18N4O2/c1-6-7(2)16-8(3)9(6)10(15)12-4-5-13-14-11/h6-9H,4-5H2,1-3H3,(H,12,15). The van der Waals surface area contributed by atoms with Crippen molar-refractivity contribution in [1.29, 1.82) is 0 Å². The highest BCUT2D eigenvalue weighted by Gasteiger charge is 2.41. The van der Waals surface area contributed by atoms with Crippen molar-refractivity contribution in [3.63, 3.8) is 0 Å². The predicted octanol–water partition coefficient (Wildman–Crippen LogP) is 1.47. The molecular weight excluding hydrogens is 208 g/mol. The Morgan fingerprint density at radius 3 is 2.62 bits per heavy atom. The van der Waals surface area contributed by atoms with Crippen molar-refractivity contribution in [2.45, 2.75) is 33.0 Å². The minimum absolute atomic E-state index is 0.0162. The Kier molecular flexibility index (Phi) is 4.58. The summed E-state index contributed by atoms with van der Waals surface area (Å²) in [6, 6.07) is 0. The van der Waals surface area contributed by atoms with Crippen molar-refractivity contribution in [2.24, 2.45) is 17.0 Å². The third kappa shape index (κ3) is 2.87. The molecule has 0 bridgehead atoms. The van der Waals surface area contributed by atoms with E-state index in [0.717, 1.165) is 0 Å². The summed E-state index contributed by atoms with van der Waals surface area (Å²) in [5.41, 5.74) is 8.09. The second-order valence-electron chi connectivity index (χ2n) is 4.18. The van der Waals surface area contributed by atoms with Gasteiger partial charge in [0.05, 0.1) is 18.1 Å². The summed E-state index contributed by atoms with van der Waals surface area (Å²) in [5, 5.41) is 6.11. The Labute approximate surface area is 95.0 Å². The molecule has 6 heteroatoms. The molecule has 1 rings (SSSR count). The first kappa shape index (κ1) is 12.8. The van der Waals surface area contributed by atoms with Crippen molar-refractivity contribution >= 4 is 5.91 Å². The largest absolute Gasteiger partial charge is 0.374 e. The molecule has 1 amide bonds. The van der Waals surface area contributed by atoms with Crippen LogP contribution < -0.4 is 5.32 Å². The molecule has 6 nitrogen and oxygen atoms in total. The Balaban J connectivity index is 2.44. The lowest BCUT2D eigenvalue weighted by Gasteiger charge is -2.17. The van der Waals surface area contributed by atoms with E-state index in [-0.39, 0.29) is 36.5 Å². The van der Waals surface area contributed by atoms with Gasteiger partial charge in [-0.3, -0.25) is 4.79 Å². The highest BCUT2D eigenvalue weighted by Crippen LogP contribution is 2.31. The molecule has 4 unspecified atom stereocenters. The number of hydrogen-bond donors (Lipinski definition) is 1. The quantitative estimate of drug-likeness (QED) is 0.340. The van der Waals surface area contributed by atoms with Gasteiger partial charge >= 0.3 is 0 Å². The first-order chi connectivity index (χ1) is 7.57. The van der Waals surface area contributed by atoms with Gasteiger partial charge in [0, 0.05) is 18.0 Å². The van der Waals surface area contributed by atoms with E-state index in [9.17, 15) is 4.79 Å². The maximum Gasteiger partial charge on any atom is 0.226 e. The molecule has 0 aromatic rings. The maximum absolute atomic E-state index is 11.8. The number of rotatable bonds is 4. The van der Waals surface area contributed by atoms with Gasteiger partial charge in [-0.25, -0.2) is 0 Å². The average Bonchev–Trinajstić information content (AvgIpc) is 2.48. The molecule has 16 heavy (non-hydrogen) atoms. The lowest BCUT2D eigenvalue weighted by molar-refractivity contribution is -0.127. The number of azide groups is 1. The highest BCUT2D eigenvalue weighted by molar-refractivity contribution is 5.79. The molecule has 1 aliphatic rings. The Morgan fingerprint density at radius 1 is 1.44 bits per heavy atom. The zero-order valence-corrected chi connectivity index (χ0v) is 9.88. The van der Waals surface area contributed by atoms with Crippen molar-refractivity contribution in [2.75, 3.05) is 13.1 Å². The SMILES string of the molecule is CC1OC(C)C(C(=O)NCCN=[N+]=[N-])C1C. The molecule has 0 aromatic carbocycles. The van der Waals surface area contributed by atoms with Gasteiger partial charge in [0.2, 0.25) is 5.91 Å². The molecule has 1 fully saturated rings. The second-order valence-corrected chi connectivity index (χ2v) is 4.18. The molecule has 0 radical (unpaired) electrons. The van der Waals surface area contributed by atoms with Crippen LogP contribution in [0.5, 0.6) is 0 Å². The molecule has 1 aliphatic heterocycles. The Hall–Kier alpha value is -1.26. The van der Waals surface area contributed by atoms with Gasteiger partial charge < -0.3 is 10.1 Å². The Morgan fingerprint density at radius 2 is 2.12 bits per heavy atom. The summed E-state index contributed by atoms with van der Waals surface area (Å²) in [6.45, 7) is 6.58. The van der Waals surface area contributed by atoms with Crippen molar-refractivity contribution in [3.05, 3.63) is 10.4 Å². The molecule has 0 aliphatic carbocycles. The van der Waals surface area contributed by atoms with E-state index in [1.165, 1.54) is 0 Å². The van der Waals surface area contributed by atoms with Gasteiger partial charge in [0.15, 0.2) is 0 Å². The first-order valence-corrected chi connectivity index (χ1v) is 5.52. The molecule has 0 spiro atoms. The summed E-state index contributed by atoms with van der Waals surface area (Å²) in [4.78, 5) is 14.5. The lowest BCUT2D eigenvalue weighted by Crippen LogP contribution is -2.38. The van der Waals surface area contributed by atoms with E-state index in [4.69, 9.17) is 10.3 Å². The molecular formula is C10H18N4O2. The van der Waals surface area contributed by atoms with Crippen LogP contribution in [0.1, 0.15) is 20.8 Å². The van der Waals surface area contributed by atoms with Gasteiger partial charge in [-0.1, -0.05) is 12.0 Å². The van der Waals surface area contributed by atoms with Crippen molar-refractivity contribution in [3.8, 4) is 0 Å². The molecule has 1 saturated heterocycles. The minimum atomic E-state index is -0.110. The highest BCUT2D eigenvalue weighted by atomic mass is 16.5. The molecule has 4 atom stereocenters. The maximum atomic E-state index is 11.8. The van der Waals surface area contributed by atoms with Gasteiger partial charge in [-0.05, 0) is 25.3 Å². The molecule has 90 valence electrons. The lowest BCUT2D eigenvalue weighted by atomic mass is 9.89.